The Labute approximate surface area is 195 Å². The van der Waals surface area contributed by atoms with Gasteiger partial charge in [0.2, 0.25) is 5.91 Å². The standard InChI is InChI=1S/C26H35N3O4/c1-18(30)29-14-12-26(13-15-29,19-8-6-5-7-9-19)23(32)33-17-22(31)28-27-21-16-20-10-11-25(21,4)24(20,2)3/h5-9,20H,10-17H2,1-4H3,(H,28,31)/b27-21+. The van der Waals surface area contributed by atoms with E-state index >= 15 is 0 Å². The van der Waals surface area contributed by atoms with Crippen LogP contribution in [0.4, 0.5) is 0 Å². The molecule has 1 heterocycles. The Morgan fingerprint density at radius 1 is 1.09 bits per heavy atom. The number of carbonyl (C=O) groups excluding carboxylic acids is 3. The molecular weight excluding hydrogens is 418 g/mol. The summed E-state index contributed by atoms with van der Waals surface area (Å²) in [5.41, 5.74) is 3.85. The highest BCUT2D eigenvalue weighted by molar-refractivity contribution is 5.95. The first-order valence-electron chi connectivity index (χ1n) is 11.9. The van der Waals surface area contributed by atoms with Crippen LogP contribution in [0, 0.1) is 16.7 Å². The van der Waals surface area contributed by atoms with Gasteiger partial charge in [-0.3, -0.25) is 14.4 Å². The summed E-state index contributed by atoms with van der Waals surface area (Å²) < 4.78 is 5.52. The predicted octanol–water partition coefficient (Wildman–Crippen LogP) is 3.43. The molecule has 1 aliphatic heterocycles. The lowest BCUT2D eigenvalue weighted by Gasteiger charge is -2.40. The number of ether oxygens (including phenoxy) is 1. The summed E-state index contributed by atoms with van der Waals surface area (Å²) in [7, 11) is 0. The fourth-order valence-electron chi connectivity index (χ4n) is 6.10. The molecule has 2 bridgehead atoms. The van der Waals surface area contributed by atoms with Crippen molar-refractivity contribution in [2.24, 2.45) is 21.8 Å². The zero-order valence-electron chi connectivity index (χ0n) is 20.1. The maximum absolute atomic E-state index is 13.3. The smallest absolute Gasteiger partial charge is 0.317 e. The summed E-state index contributed by atoms with van der Waals surface area (Å²) in [5, 5.41) is 4.45. The van der Waals surface area contributed by atoms with Crippen molar-refractivity contribution >= 4 is 23.5 Å². The number of rotatable bonds is 5. The van der Waals surface area contributed by atoms with Crippen molar-refractivity contribution in [3.8, 4) is 0 Å². The number of amides is 2. The van der Waals surface area contributed by atoms with E-state index in [4.69, 9.17) is 4.74 Å². The number of piperidine rings is 1. The number of carbonyl (C=O) groups is 3. The highest BCUT2D eigenvalue weighted by Gasteiger charge is 2.60. The van der Waals surface area contributed by atoms with Crippen molar-refractivity contribution in [2.45, 2.75) is 65.2 Å². The molecule has 2 saturated carbocycles. The molecule has 2 amide bonds. The molecule has 2 unspecified atom stereocenters. The van der Waals surface area contributed by atoms with Crippen molar-refractivity contribution < 1.29 is 19.1 Å². The molecule has 7 nitrogen and oxygen atoms in total. The highest BCUT2D eigenvalue weighted by Crippen LogP contribution is 2.63. The topological polar surface area (TPSA) is 88.1 Å². The Kier molecular flexibility index (Phi) is 6.10. The zero-order chi connectivity index (χ0) is 23.9. The fraction of sp³-hybridized carbons (Fsp3) is 0.615. The third-order valence-electron chi connectivity index (χ3n) is 8.94. The van der Waals surface area contributed by atoms with Crippen LogP contribution in [0.15, 0.2) is 35.4 Å². The van der Waals surface area contributed by atoms with E-state index in [1.54, 1.807) is 4.90 Å². The molecule has 4 rings (SSSR count). The van der Waals surface area contributed by atoms with E-state index in [1.807, 2.05) is 30.3 Å². The van der Waals surface area contributed by atoms with Gasteiger partial charge in [0.15, 0.2) is 6.61 Å². The number of benzene rings is 1. The molecule has 0 radical (unpaired) electrons. The molecule has 1 saturated heterocycles. The van der Waals surface area contributed by atoms with Gasteiger partial charge < -0.3 is 9.64 Å². The number of hydrogen-bond donors (Lipinski definition) is 1. The van der Waals surface area contributed by atoms with E-state index in [9.17, 15) is 14.4 Å². The molecule has 7 heteroatoms. The quantitative estimate of drug-likeness (QED) is 0.547. The first-order valence-corrected chi connectivity index (χ1v) is 11.9. The second-order valence-corrected chi connectivity index (χ2v) is 10.6. The van der Waals surface area contributed by atoms with Crippen LogP contribution in [-0.4, -0.2) is 48.1 Å². The number of esters is 1. The number of hydrogen-bond acceptors (Lipinski definition) is 5. The van der Waals surface area contributed by atoms with Gasteiger partial charge in [-0.25, -0.2) is 5.43 Å². The lowest BCUT2D eigenvalue weighted by molar-refractivity contribution is -0.157. The van der Waals surface area contributed by atoms with Crippen molar-refractivity contribution in [3.05, 3.63) is 35.9 Å². The predicted molar refractivity (Wildman–Crippen MR) is 125 cm³/mol. The Bertz CT molecular complexity index is 963. The molecule has 0 aromatic heterocycles. The minimum atomic E-state index is -0.860. The van der Waals surface area contributed by atoms with Gasteiger partial charge in [0.25, 0.3) is 5.91 Å². The Morgan fingerprint density at radius 3 is 2.30 bits per heavy atom. The Morgan fingerprint density at radius 2 is 1.76 bits per heavy atom. The van der Waals surface area contributed by atoms with Gasteiger partial charge in [-0.15, -0.1) is 0 Å². The van der Waals surface area contributed by atoms with Crippen LogP contribution in [0.3, 0.4) is 0 Å². The zero-order valence-corrected chi connectivity index (χ0v) is 20.1. The van der Waals surface area contributed by atoms with Crippen molar-refractivity contribution in [1.29, 1.82) is 0 Å². The van der Waals surface area contributed by atoms with Crippen molar-refractivity contribution in [1.82, 2.24) is 10.3 Å². The first-order chi connectivity index (χ1) is 15.6. The average molecular weight is 454 g/mol. The average Bonchev–Trinajstić information content (AvgIpc) is 3.15. The Hall–Kier alpha value is -2.70. The molecule has 3 fully saturated rings. The monoisotopic (exact) mass is 453 g/mol. The molecule has 0 spiro atoms. The van der Waals surface area contributed by atoms with Crippen molar-refractivity contribution in [3.63, 3.8) is 0 Å². The van der Waals surface area contributed by atoms with Crippen LogP contribution in [0.25, 0.3) is 0 Å². The summed E-state index contributed by atoms with van der Waals surface area (Å²) in [6.45, 7) is 8.95. The molecule has 1 N–H and O–H groups in total. The fourth-order valence-corrected chi connectivity index (χ4v) is 6.10. The van der Waals surface area contributed by atoms with Crippen molar-refractivity contribution in [2.75, 3.05) is 19.7 Å². The maximum Gasteiger partial charge on any atom is 0.317 e. The molecule has 178 valence electrons. The molecule has 2 atom stereocenters. The second-order valence-electron chi connectivity index (χ2n) is 10.6. The SMILES string of the molecule is CC(=O)N1CCC(C(=O)OCC(=O)N/N=C2\CC3CCC2(C)C3(C)C)(c2ccccc2)CC1. The van der Waals surface area contributed by atoms with Crippen LogP contribution in [0.1, 0.15) is 65.4 Å². The number of likely N-dealkylation sites (tertiary alicyclic amines) is 1. The van der Waals surface area contributed by atoms with E-state index in [2.05, 4.69) is 31.3 Å². The molecular formula is C26H35N3O4. The van der Waals surface area contributed by atoms with E-state index < -0.39 is 17.3 Å². The third kappa shape index (κ3) is 3.96. The first kappa shape index (κ1) is 23.5. The van der Waals surface area contributed by atoms with Crippen LogP contribution in [0.2, 0.25) is 0 Å². The van der Waals surface area contributed by atoms with E-state index in [0.29, 0.717) is 31.8 Å². The van der Waals surface area contributed by atoms with Crippen LogP contribution in [-0.2, 0) is 24.5 Å². The lowest BCUT2D eigenvalue weighted by atomic mass is 9.70. The highest BCUT2D eigenvalue weighted by atomic mass is 16.5. The summed E-state index contributed by atoms with van der Waals surface area (Å²) in [5.74, 6) is -0.249. The third-order valence-corrected chi connectivity index (χ3v) is 8.94. The molecule has 2 aliphatic carbocycles. The molecule has 1 aromatic carbocycles. The van der Waals surface area contributed by atoms with Gasteiger partial charge in [0, 0.05) is 31.1 Å². The van der Waals surface area contributed by atoms with Gasteiger partial charge in [-0.05, 0) is 49.0 Å². The van der Waals surface area contributed by atoms with Gasteiger partial charge in [0.05, 0.1) is 5.41 Å². The summed E-state index contributed by atoms with van der Waals surface area (Å²) >= 11 is 0. The lowest BCUT2D eigenvalue weighted by Crippen LogP contribution is -2.49. The normalized spacial score (nSPS) is 28.5. The Balaban J connectivity index is 1.40. The largest absolute Gasteiger partial charge is 0.455 e. The molecule has 33 heavy (non-hydrogen) atoms. The number of nitrogens with zero attached hydrogens (tertiary/aromatic N) is 2. The summed E-state index contributed by atoms with van der Waals surface area (Å²) in [4.78, 5) is 39.3. The number of hydrazone groups is 1. The van der Waals surface area contributed by atoms with Crippen LogP contribution >= 0.6 is 0 Å². The van der Waals surface area contributed by atoms with Gasteiger partial charge in [-0.1, -0.05) is 51.1 Å². The molecule has 3 aliphatic rings. The number of nitrogens with one attached hydrogen (secondary N) is 1. The van der Waals surface area contributed by atoms with Gasteiger partial charge >= 0.3 is 5.97 Å². The molecule has 1 aromatic rings. The van der Waals surface area contributed by atoms with Gasteiger partial charge in [0.1, 0.15) is 0 Å². The second kappa shape index (κ2) is 8.58. The number of fused-ring (bicyclic) bond motifs is 2. The van der Waals surface area contributed by atoms with E-state index in [-0.39, 0.29) is 23.3 Å². The van der Waals surface area contributed by atoms with E-state index in [1.165, 1.54) is 13.3 Å². The minimum absolute atomic E-state index is 0.000932. The van der Waals surface area contributed by atoms with E-state index in [0.717, 1.165) is 24.1 Å². The summed E-state index contributed by atoms with van der Waals surface area (Å²) in [6.07, 6.45) is 4.14. The van der Waals surface area contributed by atoms with Gasteiger partial charge in [-0.2, -0.15) is 5.10 Å². The van der Waals surface area contributed by atoms with Crippen LogP contribution < -0.4 is 5.43 Å². The van der Waals surface area contributed by atoms with Crippen LogP contribution in [0.5, 0.6) is 0 Å². The summed E-state index contributed by atoms with van der Waals surface area (Å²) in [6, 6.07) is 9.50. The maximum atomic E-state index is 13.3. The minimum Gasteiger partial charge on any atom is -0.455 e.